The van der Waals surface area contributed by atoms with Gasteiger partial charge in [0, 0.05) is 17.0 Å². The summed E-state index contributed by atoms with van der Waals surface area (Å²) in [6.45, 7) is 3.83. The minimum Gasteiger partial charge on any atom is -0.465 e. The molecule has 0 radical (unpaired) electrons. The Labute approximate surface area is 148 Å². The largest absolute Gasteiger partial charge is 0.465 e. The maximum absolute atomic E-state index is 12.3. The van der Waals surface area contributed by atoms with Crippen LogP contribution >= 0.6 is 11.3 Å². The van der Waals surface area contributed by atoms with Crippen molar-refractivity contribution in [3.63, 3.8) is 0 Å². The average Bonchev–Trinajstić information content (AvgIpc) is 2.89. The number of ether oxygens (including phenoxy) is 1. The van der Waals surface area contributed by atoms with E-state index in [1.807, 2.05) is 13.8 Å². The highest BCUT2D eigenvalue weighted by molar-refractivity contribution is 7.16. The van der Waals surface area contributed by atoms with Crippen LogP contribution in [0.5, 0.6) is 0 Å². The molecule has 0 unspecified atom stereocenters. The van der Waals surface area contributed by atoms with Crippen molar-refractivity contribution >= 4 is 33.9 Å². The predicted molar refractivity (Wildman–Crippen MR) is 95.2 cm³/mol. The summed E-state index contributed by atoms with van der Waals surface area (Å²) in [6, 6.07) is 5.78. The Kier molecular flexibility index (Phi) is 5.87. The highest BCUT2D eigenvalue weighted by Gasteiger charge is 2.23. The molecule has 0 fully saturated rings. The van der Waals surface area contributed by atoms with Crippen molar-refractivity contribution in [3.8, 4) is 0 Å². The van der Waals surface area contributed by atoms with Crippen molar-refractivity contribution in [2.75, 3.05) is 12.4 Å². The zero-order chi connectivity index (χ0) is 18.6. The molecule has 2 rings (SSSR count). The van der Waals surface area contributed by atoms with Crippen molar-refractivity contribution in [2.24, 2.45) is 0 Å². The maximum Gasteiger partial charge on any atom is 0.341 e. The van der Waals surface area contributed by atoms with Gasteiger partial charge >= 0.3 is 5.97 Å². The summed E-state index contributed by atoms with van der Waals surface area (Å²) in [7, 11) is 1.30. The number of non-ortho nitro benzene ring substituents is 1. The van der Waals surface area contributed by atoms with Gasteiger partial charge in [0.2, 0.25) is 5.91 Å². The van der Waals surface area contributed by atoms with Gasteiger partial charge in [-0.2, -0.15) is 0 Å². The Bertz CT molecular complexity index is 811. The molecule has 0 saturated carbocycles. The molecule has 25 heavy (non-hydrogen) atoms. The molecule has 0 bridgehead atoms. The number of anilines is 1. The van der Waals surface area contributed by atoms with Crippen LogP contribution in [0.15, 0.2) is 24.3 Å². The minimum absolute atomic E-state index is 0.0291. The lowest BCUT2D eigenvalue weighted by Gasteiger charge is -2.07. The summed E-state index contributed by atoms with van der Waals surface area (Å²) >= 11 is 1.33. The molecule has 2 aromatic rings. The van der Waals surface area contributed by atoms with Crippen LogP contribution < -0.4 is 5.32 Å². The number of carbonyl (C=O) groups is 2. The van der Waals surface area contributed by atoms with Gasteiger partial charge in [-0.05, 0) is 24.5 Å². The number of rotatable bonds is 6. The molecule has 0 atom stereocenters. The van der Waals surface area contributed by atoms with E-state index in [9.17, 15) is 19.7 Å². The van der Waals surface area contributed by atoms with Gasteiger partial charge < -0.3 is 10.1 Å². The fourth-order valence-corrected chi connectivity index (χ4v) is 3.65. The highest BCUT2D eigenvalue weighted by Crippen LogP contribution is 2.34. The monoisotopic (exact) mass is 362 g/mol. The van der Waals surface area contributed by atoms with Crippen LogP contribution in [-0.4, -0.2) is 23.9 Å². The quantitative estimate of drug-likeness (QED) is 0.482. The van der Waals surface area contributed by atoms with E-state index in [1.54, 1.807) is 0 Å². The van der Waals surface area contributed by atoms with Gasteiger partial charge in [0.15, 0.2) is 0 Å². The highest BCUT2D eigenvalue weighted by atomic mass is 32.1. The first-order valence-corrected chi connectivity index (χ1v) is 8.42. The Morgan fingerprint density at radius 1 is 1.28 bits per heavy atom. The van der Waals surface area contributed by atoms with E-state index in [4.69, 9.17) is 4.74 Å². The molecule has 1 aromatic heterocycles. The first-order chi connectivity index (χ1) is 11.9. The number of nitro groups is 1. The number of benzene rings is 1. The molecule has 0 spiro atoms. The number of aryl methyl sites for hydroxylation is 1. The number of esters is 1. The number of nitro benzene ring substituents is 1. The van der Waals surface area contributed by atoms with Crippen LogP contribution in [0.3, 0.4) is 0 Å². The second-order valence-electron chi connectivity index (χ2n) is 5.33. The normalized spacial score (nSPS) is 10.4. The maximum atomic E-state index is 12.3. The van der Waals surface area contributed by atoms with Crippen LogP contribution in [0.2, 0.25) is 0 Å². The van der Waals surface area contributed by atoms with E-state index >= 15 is 0 Å². The predicted octanol–water partition coefficient (Wildman–Crippen LogP) is 3.49. The SMILES string of the molecule is CCc1c(C)sc(NC(=O)Cc2ccc([N+](=O)[O-])cc2)c1C(=O)OC. The standard InChI is InChI=1S/C17H18N2O5S/c1-4-13-10(2)25-16(15(13)17(21)24-3)18-14(20)9-11-5-7-12(8-6-11)19(22)23/h5-8H,4,9H2,1-3H3,(H,18,20). The van der Waals surface area contributed by atoms with Gasteiger partial charge in [0.25, 0.3) is 5.69 Å². The number of nitrogens with one attached hydrogen (secondary N) is 1. The van der Waals surface area contributed by atoms with Crippen LogP contribution in [0.4, 0.5) is 10.7 Å². The van der Waals surface area contributed by atoms with Crippen LogP contribution in [-0.2, 0) is 22.4 Å². The Morgan fingerprint density at radius 2 is 1.92 bits per heavy atom. The lowest BCUT2D eigenvalue weighted by atomic mass is 10.1. The van der Waals surface area contributed by atoms with Gasteiger partial charge in [-0.25, -0.2) is 4.79 Å². The van der Waals surface area contributed by atoms with Crippen molar-refractivity contribution in [2.45, 2.75) is 26.7 Å². The molecule has 0 aliphatic rings. The third kappa shape index (κ3) is 4.21. The second kappa shape index (κ2) is 7.89. The van der Waals surface area contributed by atoms with Crippen LogP contribution in [0.25, 0.3) is 0 Å². The fraction of sp³-hybridized carbons (Fsp3) is 0.294. The minimum atomic E-state index is -0.493. The average molecular weight is 362 g/mol. The Morgan fingerprint density at radius 3 is 2.44 bits per heavy atom. The summed E-state index contributed by atoms with van der Waals surface area (Å²) in [5.74, 6) is -0.783. The van der Waals surface area contributed by atoms with Gasteiger partial charge in [-0.15, -0.1) is 11.3 Å². The number of methoxy groups -OCH3 is 1. The molecule has 7 nitrogen and oxygen atoms in total. The van der Waals surface area contributed by atoms with Crippen molar-refractivity contribution in [1.29, 1.82) is 0 Å². The zero-order valence-electron chi connectivity index (χ0n) is 14.1. The Hall–Kier alpha value is -2.74. The zero-order valence-corrected chi connectivity index (χ0v) is 14.9. The second-order valence-corrected chi connectivity index (χ2v) is 6.56. The first-order valence-electron chi connectivity index (χ1n) is 7.61. The number of carbonyl (C=O) groups excluding carboxylic acids is 2. The summed E-state index contributed by atoms with van der Waals surface area (Å²) in [4.78, 5) is 35.4. The van der Waals surface area contributed by atoms with Gasteiger partial charge in [-0.1, -0.05) is 19.1 Å². The molecular weight excluding hydrogens is 344 g/mol. The van der Waals surface area contributed by atoms with Crippen molar-refractivity contribution < 1.29 is 19.2 Å². The number of amides is 1. The smallest absolute Gasteiger partial charge is 0.341 e. The van der Waals surface area contributed by atoms with E-state index < -0.39 is 10.9 Å². The summed E-state index contributed by atoms with van der Waals surface area (Å²) in [6.07, 6.45) is 0.710. The third-order valence-corrected chi connectivity index (χ3v) is 4.78. The third-order valence-electron chi connectivity index (χ3n) is 3.72. The van der Waals surface area contributed by atoms with E-state index in [-0.39, 0.29) is 18.0 Å². The molecule has 1 N–H and O–H groups in total. The number of thiophene rings is 1. The molecule has 132 valence electrons. The molecule has 1 amide bonds. The summed E-state index contributed by atoms with van der Waals surface area (Å²) < 4.78 is 4.82. The summed E-state index contributed by atoms with van der Waals surface area (Å²) in [5.41, 5.74) is 1.87. The molecule has 0 aliphatic carbocycles. The van der Waals surface area contributed by atoms with E-state index in [1.165, 1.54) is 42.7 Å². The van der Waals surface area contributed by atoms with Crippen molar-refractivity contribution in [1.82, 2.24) is 0 Å². The summed E-state index contributed by atoms with van der Waals surface area (Å²) in [5, 5.41) is 13.9. The fourth-order valence-electron chi connectivity index (χ4n) is 2.50. The van der Waals surface area contributed by atoms with E-state index in [0.717, 1.165) is 10.4 Å². The molecule has 1 aromatic carbocycles. The van der Waals surface area contributed by atoms with Crippen molar-refractivity contribution in [3.05, 3.63) is 55.9 Å². The number of nitrogens with zero attached hydrogens (tertiary/aromatic N) is 1. The van der Waals surface area contributed by atoms with Gasteiger partial charge in [-0.3, -0.25) is 14.9 Å². The Balaban J connectivity index is 2.17. The number of hydrogen-bond acceptors (Lipinski definition) is 6. The lowest BCUT2D eigenvalue weighted by molar-refractivity contribution is -0.384. The molecule has 0 saturated heterocycles. The topological polar surface area (TPSA) is 98.5 Å². The molecule has 1 heterocycles. The molecule has 8 heteroatoms. The van der Waals surface area contributed by atoms with Gasteiger partial charge in [0.05, 0.1) is 24.0 Å². The van der Waals surface area contributed by atoms with E-state index in [0.29, 0.717) is 22.5 Å². The number of hydrogen-bond donors (Lipinski definition) is 1. The van der Waals surface area contributed by atoms with E-state index in [2.05, 4.69) is 5.32 Å². The lowest BCUT2D eigenvalue weighted by Crippen LogP contribution is -2.16. The van der Waals surface area contributed by atoms with Gasteiger partial charge in [0.1, 0.15) is 5.00 Å². The van der Waals surface area contributed by atoms with Crippen LogP contribution in [0, 0.1) is 17.0 Å². The first kappa shape index (κ1) is 18.6. The molecular formula is C17H18N2O5S. The van der Waals surface area contributed by atoms with Crippen LogP contribution in [0.1, 0.15) is 33.3 Å². The molecule has 0 aliphatic heterocycles.